The number of guanidine groups is 1. The van der Waals surface area contributed by atoms with Crippen molar-refractivity contribution >= 4 is 41.3 Å². The first-order chi connectivity index (χ1) is 14.1. The molecular formula is C21H33IN4O3S. The molecule has 0 saturated heterocycles. The molecule has 0 bridgehead atoms. The van der Waals surface area contributed by atoms with Gasteiger partial charge in [-0.2, -0.15) is 0 Å². The molecule has 0 saturated carbocycles. The minimum Gasteiger partial charge on any atom is -0.493 e. The highest BCUT2D eigenvalue weighted by Crippen LogP contribution is 2.38. The molecule has 2 rings (SSSR count). The van der Waals surface area contributed by atoms with Crippen LogP contribution in [0.4, 0.5) is 0 Å². The summed E-state index contributed by atoms with van der Waals surface area (Å²) < 4.78 is 16.6. The molecule has 0 unspecified atom stereocenters. The third-order valence-electron chi connectivity index (χ3n) is 4.15. The molecule has 0 aliphatic carbocycles. The fraction of sp³-hybridized carbons (Fsp3) is 0.524. The lowest BCUT2D eigenvalue weighted by molar-refractivity contribution is 0.288. The Morgan fingerprint density at radius 2 is 1.80 bits per heavy atom. The zero-order chi connectivity index (χ0) is 21.1. The number of aromatic nitrogens is 1. The van der Waals surface area contributed by atoms with Crippen molar-refractivity contribution in [2.45, 2.75) is 40.2 Å². The Kier molecular flexibility index (Phi) is 12.5. The van der Waals surface area contributed by atoms with E-state index in [9.17, 15) is 0 Å². The molecule has 0 radical (unpaired) electrons. The second-order valence-corrected chi connectivity index (χ2v) is 7.41. The quantitative estimate of drug-likeness (QED) is 0.251. The highest BCUT2D eigenvalue weighted by molar-refractivity contribution is 14.0. The average Bonchev–Trinajstić information content (AvgIpc) is 3.20. The lowest BCUT2D eigenvalue weighted by Crippen LogP contribution is -2.38. The van der Waals surface area contributed by atoms with E-state index in [0.717, 1.165) is 42.5 Å². The van der Waals surface area contributed by atoms with E-state index in [1.54, 1.807) is 25.6 Å². The van der Waals surface area contributed by atoms with Crippen LogP contribution in [-0.2, 0) is 19.4 Å². The van der Waals surface area contributed by atoms with Gasteiger partial charge in [-0.15, -0.1) is 35.3 Å². The van der Waals surface area contributed by atoms with Gasteiger partial charge in [0.1, 0.15) is 0 Å². The minimum absolute atomic E-state index is 0. The topological polar surface area (TPSA) is 77.0 Å². The number of aliphatic imine (C=N–C) groups is 1. The Labute approximate surface area is 200 Å². The van der Waals surface area contributed by atoms with E-state index in [-0.39, 0.29) is 24.0 Å². The molecule has 168 valence electrons. The highest BCUT2D eigenvalue weighted by atomic mass is 127. The maximum atomic E-state index is 5.66. The van der Waals surface area contributed by atoms with Crippen molar-refractivity contribution in [3.8, 4) is 17.2 Å². The van der Waals surface area contributed by atoms with E-state index < -0.39 is 0 Å². The third kappa shape index (κ3) is 7.82. The molecule has 0 atom stereocenters. The smallest absolute Gasteiger partial charge is 0.203 e. The van der Waals surface area contributed by atoms with Gasteiger partial charge in [0.05, 0.1) is 32.4 Å². The van der Waals surface area contributed by atoms with Gasteiger partial charge < -0.3 is 24.8 Å². The van der Waals surface area contributed by atoms with Crippen LogP contribution < -0.4 is 24.8 Å². The Morgan fingerprint density at radius 1 is 1.10 bits per heavy atom. The number of nitrogens with one attached hydrogen (secondary N) is 2. The first-order valence-corrected chi connectivity index (χ1v) is 10.8. The molecule has 0 amide bonds. The SMILES string of the molecule is CCNC(=NCc1cc(OC)c(OCC)c(OC)c1)NCCc1ncc(CC)s1.I. The maximum Gasteiger partial charge on any atom is 0.203 e. The van der Waals surface area contributed by atoms with Crippen molar-refractivity contribution in [3.05, 3.63) is 33.8 Å². The standard InChI is InChI=1S/C21H32N4O3S.HI/c1-6-16-14-24-19(29-16)9-10-23-21(22-7-2)25-13-15-11-17(26-4)20(28-8-3)18(12-15)27-5;/h11-12,14H,6-10,13H2,1-5H3,(H2,22,23,25);1H. The fourth-order valence-corrected chi connectivity index (χ4v) is 3.60. The molecule has 0 spiro atoms. The largest absolute Gasteiger partial charge is 0.493 e. The zero-order valence-electron chi connectivity index (χ0n) is 18.4. The van der Waals surface area contributed by atoms with E-state index in [4.69, 9.17) is 14.2 Å². The van der Waals surface area contributed by atoms with Gasteiger partial charge in [0.15, 0.2) is 17.5 Å². The van der Waals surface area contributed by atoms with Gasteiger partial charge in [-0.05, 0) is 38.0 Å². The Balaban J connectivity index is 0.00000450. The summed E-state index contributed by atoms with van der Waals surface area (Å²) in [5.74, 6) is 2.67. The summed E-state index contributed by atoms with van der Waals surface area (Å²) in [5, 5.41) is 7.80. The number of hydrogen-bond acceptors (Lipinski definition) is 6. The van der Waals surface area contributed by atoms with Crippen LogP contribution >= 0.6 is 35.3 Å². The van der Waals surface area contributed by atoms with Gasteiger partial charge in [-0.25, -0.2) is 9.98 Å². The fourth-order valence-electron chi connectivity index (χ4n) is 2.74. The van der Waals surface area contributed by atoms with Crippen molar-refractivity contribution in [1.29, 1.82) is 0 Å². The number of aryl methyl sites for hydroxylation is 1. The molecule has 0 aliphatic heterocycles. The Hall–Kier alpha value is -1.75. The molecule has 0 fully saturated rings. The van der Waals surface area contributed by atoms with Crippen LogP contribution in [0, 0.1) is 0 Å². The summed E-state index contributed by atoms with van der Waals surface area (Å²) in [6, 6.07) is 3.87. The van der Waals surface area contributed by atoms with E-state index in [0.29, 0.717) is 30.4 Å². The van der Waals surface area contributed by atoms with Crippen molar-refractivity contribution in [3.63, 3.8) is 0 Å². The number of benzene rings is 1. The van der Waals surface area contributed by atoms with Gasteiger partial charge in [-0.1, -0.05) is 6.92 Å². The summed E-state index contributed by atoms with van der Waals surface area (Å²) in [6.07, 6.45) is 3.87. The van der Waals surface area contributed by atoms with Gasteiger partial charge in [0.2, 0.25) is 5.75 Å². The second kappa shape index (κ2) is 14.3. The summed E-state index contributed by atoms with van der Waals surface area (Å²) in [7, 11) is 3.25. The van der Waals surface area contributed by atoms with E-state index in [1.165, 1.54) is 4.88 Å². The van der Waals surface area contributed by atoms with Crippen LogP contribution in [-0.4, -0.2) is 44.9 Å². The van der Waals surface area contributed by atoms with Crippen LogP contribution in [0.5, 0.6) is 17.2 Å². The molecule has 1 aromatic carbocycles. The second-order valence-electron chi connectivity index (χ2n) is 6.21. The van der Waals surface area contributed by atoms with Crippen LogP contribution in [0.25, 0.3) is 0 Å². The first kappa shape index (κ1) is 26.3. The normalized spacial score (nSPS) is 10.9. The van der Waals surface area contributed by atoms with E-state index in [1.807, 2.05) is 25.3 Å². The lowest BCUT2D eigenvalue weighted by atomic mass is 10.2. The van der Waals surface area contributed by atoms with Gasteiger partial charge in [0, 0.05) is 30.6 Å². The molecule has 30 heavy (non-hydrogen) atoms. The third-order valence-corrected chi connectivity index (χ3v) is 5.36. The molecule has 9 heteroatoms. The summed E-state index contributed by atoms with van der Waals surface area (Å²) in [4.78, 5) is 10.5. The summed E-state index contributed by atoms with van der Waals surface area (Å²) in [6.45, 7) is 8.73. The predicted molar refractivity (Wildman–Crippen MR) is 134 cm³/mol. The van der Waals surface area contributed by atoms with Gasteiger partial charge in [-0.3, -0.25) is 0 Å². The molecule has 2 aromatic rings. The molecule has 1 heterocycles. The summed E-state index contributed by atoms with van der Waals surface area (Å²) in [5.41, 5.74) is 0.979. The number of halogens is 1. The van der Waals surface area contributed by atoms with Crippen molar-refractivity contribution in [1.82, 2.24) is 15.6 Å². The summed E-state index contributed by atoms with van der Waals surface area (Å²) >= 11 is 1.77. The van der Waals surface area contributed by atoms with Crippen molar-refractivity contribution in [2.24, 2.45) is 4.99 Å². The lowest BCUT2D eigenvalue weighted by Gasteiger charge is -2.15. The van der Waals surface area contributed by atoms with Crippen molar-refractivity contribution < 1.29 is 14.2 Å². The van der Waals surface area contributed by atoms with Crippen molar-refractivity contribution in [2.75, 3.05) is 33.9 Å². The van der Waals surface area contributed by atoms with Gasteiger partial charge in [0.25, 0.3) is 0 Å². The van der Waals surface area contributed by atoms with Crippen LogP contribution in [0.2, 0.25) is 0 Å². The maximum absolute atomic E-state index is 5.66. The van der Waals surface area contributed by atoms with Crippen LogP contribution in [0.1, 0.15) is 36.2 Å². The van der Waals surface area contributed by atoms with Crippen LogP contribution in [0.15, 0.2) is 23.3 Å². The predicted octanol–water partition coefficient (Wildman–Crippen LogP) is 4.04. The first-order valence-electron chi connectivity index (χ1n) is 9.98. The highest BCUT2D eigenvalue weighted by Gasteiger charge is 2.14. The molecule has 0 aliphatic rings. The minimum atomic E-state index is 0. The van der Waals surface area contributed by atoms with Crippen LogP contribution in [0.3, 0.4) is 0 Å². The molecule has 1 aromatic heterocycles. The number of rotatable bonds is 11. The number of thiazole rings is 1. The zero-order valence-corrected chi connectivity index (χ0v) is 21.6. The van der Waals surface area contributed by atoms with E-state index in [2.05, 4.69) is 34.5 Å². The average molecular weight is 548 g/mol. The monoisotopic (exact) mass is 548 g/mol. The molecule has 7 nitrogen and oxygen atoms in total. The number of nitrogens with zero attached hydrogens (tertiary/aromatic N) is 2. The van der Waals surface area contributed by atoms with E-state index >= 15 is 0 Å². The molecular weight excluding hydrogens is 515 g/mol. The molecule has 2 N–H and O–H groups in total. The Bertz CT molecular complexity index is 773. The Morgan fingerprint density at radius 3 is 2.33 bits per heavy atom. The number of methoxy groups -OCH3 is 2. The van der Waals surface area contributed by atoms with Gasteiger partial charge >= 0.3 is 0 Å². The number of hydrogen-bond donors (Lipinski definition) is 2. The number of ether oxygens (including phenoxy) is 3.